The third-order valence-electron chi connectivity index (χ3n) is 21.4. The molecule has 0 rings (SSSR count). The van der Waals surface area contributed by atoms with E-state index in [0.717, 1.165) is 114 Å². The van der Waals surface area contributed by atoms with Crippen molar-refractivity contribution < 1.29 is 80.2 Å². The molecule has 0 bridgehead atoms. The van der Waals surface area contributed by atoms with Gasteiger partial charge in [-0.1, -0.05) is 421 Å². The molecule has 3 unspecified atom stereocenters. The minimum absolute atomic E-state index is 0.106. The van der Waals surface area contributed by atoms with E-state index in [0.29, 0.717) is 31.6 Å². The van der Waals surface area contributed by atoms with Gasteiger partial charge in [-0.25, -0.2) is 9.13 Å². The fourth-order valence-corrected chi connectivity index (χ4v) is 15.6. The van der Waals surface area contributed by atoms with Gasteiger partial charge in [0, 0.05) is 25.7 Å². The van der Waals surface area contributed by atoms with E-state index in [1.165, 1.54) is 270 Å². The van der Waals surface area contributed by atoms with Crippen LogP contribution in [0, 0.1) is 23.7 Å². The average molecular weight is 1590 g/mol. The third kappa shape index (κ3) is 82.4. The molecular formula is C90H176O17P2. The second kappa shape index (κ2) is 78.6. The third-order valence-corrected chi connectivity index (χ3v) is 23.3. The zero-order valence-electron chi connectivity index (χ0n) is 72.2. The number of aliphatic hydroxyl groups excluding tert-OH is 1. The van der Waals surface area contributed by atoms with Crippen molar-refractivity contribution in [2.45, 2.75) is 491 Å². The van der Waals surface area contributed by atoms with Crippen molar-refractivity contribution in [3.8, 4) is 0 Å². The van der Waals surface area contributed by atoms with Gasteiger partial charge < -0.3 is 33.8 Å². The molecule has 0 saturated heterocycles. The monoisotopic (exact) mass is 1590 g/mol. The van der Waals surface area contributed by atoms with Crippen LogP contribution < -0.4 is 0 Å². The van der Waals surface area contributed by atoms with Gasteiger partial charge in [0.05, 0.1) is 26.4 Å². The van der Waals surface area contributed by atoms with Crippen LogP contribution in [0.5, 0.6) is 0 Å². The second-order valence-electron chi connectivity index (χ2n) is 34.0. The lowest BCUT2D eigenvalue weighted by Gasteiger charge is -2.21. The van der Waals surface area contributed by atoms with E-state index in [1.54, 1.807) is 0 Å². The molecule has 17 nitrogen and oxygen atoms in total. The van der Waals surface area contributed by atoms with Gasteiger partial charge in [0.2, 0.25) is 0 Å². The van der Waals surface area contributed by atoms with Crippen LogP contribution >= 0.6 is 15.6 Å². The maximum atomic E-state index is 13.2. The van der Waals surface area contributed by atoms with Crippen molar-refractivity contribution in [2.24, 2.45) is 23.7 Å². The van der Waals surface area contributed by atoms with Crippen LogP contribution in [0.3, 0.4) is 0 Å². The van der Waals surface area contributed by atoms with Crippen molar-refractivity contribution in [2.75, 3.05) is 39.6 Å². The van der Waals surface area contributed by atoms with E-state index in [-0.39, 0.29) is 25.7 Å². The van der Waals surface area contributed by atoms with Crippen molar-refractivity contribution in [1.29, 1.82) is 0 Å². The summed E-state index contributed by atoms with van der Waals surface area (Å²) in [4.78, 5) is 73.3. The Bertz CT molecular complexity index is 2110. The summed E-state index contributed by atoms with van der Waals surface area (Å²) < 4.78 is 69.0. The van der Waals surface area contributed by atoms with Crippen LogP contribution in [-0.4, -0.2) is 96.7 Å². The standard InChI is InChI=1S/C90H176O17P2/c1-9-83(8)69-61-53-44-38-32-26-19-15-11-13-16-20-27-33-39-45-54-62-70-87(92)100-76-85(106-89(94)72-64-56-46-40-34-28-21-17-12-10-14-18-24-30-36-42-50-58-66-80(2)3)78-104-108(96,97)102-74-84(91)75-103-109(98,99)105-79-86(77-101-88(93)71-63-55-49-48-52-60-68-82(6)7)107-90(95)73-65-57-47-41-35-29-23-22-25-31-37-43-51-59-67-81(4)5/h80-86,91H,9-79H2,1-8H3,(H,96,97)(H,98,99)/t83?,84-,85-,86-/m1/s1. The smallest absolute Gasteiger partial charge is 0.462 e. The number of phosphoric ester groups is 2. The molecule has 0 aliphatic rings. The van der Waals surface area contributed by atoms with E-state index < -0.39 is 97.5 Å². The van der Waals surface area contributed by atoms with Crippen LogP contribution in [0.25, 0.3) is 0 Å². The summed E-state index contributed by atoms with van der Waals surface area (Å²) in [5, 5.41) is 10.7. The van der Waals surface area contributed by atoms with Gasteiger partial charge in [-0.15, -0.1) is 0 Å². The number of hydrogen-bond acceptors (Lipinski definition) is 15. The Morgan fingerprint density at radius 1 is 0.257 bits per heavy atom. The quantitative estimate of drug-likeness (QED) is 0.0222. The summed E-state index contributed by atoms with van der Waals surface area (Å²) in [6.07, 6.45) is 69.7. The highest BCUT2D eigenvalue weighted by Gasteiger charge is 2.31. The first-order valence-corrected chi connectivity index (χ1v) is 49.2. The van der Waals surface area contributed by atoms with Crippen LogP contribution in [0.4, 0.5) is 0 Å². The van der Waals surface area contributed by atoms with Crippen LogP contribution in [-0.2, 0) is 65.4 Å². The van der Waals surface area contributed by atoms with Crippen molar-refractivity contribution in [3.05, 3.63) is 0 Å². The lowest BCUT2D eigenvalue weighted by Crippen LogP contribution is -2.30. The molecule has 648 valence electrons. The first kappa shape index (κ1) is 107. The van der Waals surface area contributed by atoms with Gasteiger partial charge >= 0.3 is 39.5 Å². The first-order valence-electron chi connectivity index (χ1n) is 46.2. The molecule has 6 atom stereocenters. The molecular weight excluding hydrogens is 1410 g/mol. The molecule has 0 heterocycles. The number of carbonyl (C=O) groups excluding carboxylic acids is 4. The molecule has 0 aliphatic heterocycles. The SMILES string of the molecule is CCC(C)CCCCCCCCCCCCCCCCCCCCC(=O)OC[C@H](COP(=O)(O)OC[C@@H](O)COP(=O)(O)OC[C@@H](COC(=O)CCCCCCCCC(C)C)OC(=O)CCCCCCCCCCCCCCCCC(C)C)OC(=O)CCCCCCCCCCCCCCCCCCCCC(C)C. The van der Waals surface area contributed by atoms with Crippen LogP contribution in [0.1, 0.15) is 473 Å². The summed E-state index contributed by atoms with van der Waals surface area (Å²) in [6.45, 7) is 14.3. The Morgan fingerprint density at radius 3 is 0.651 bits per heavy atom. The van der Waals surface area contributed by atoms with Crippen molar-refractivity contribution in [1.82, 2.24) is 0 Å². The Balaban J connectivity index is 5.20. The molecule has 0 aromatic carbocycles. The largest absolute Gasteiger partial charge is 0.472 e. The molecule has 0 saturated carbocycles. The Morgan fingerprint density at radius 2 is 0.440 bits per heavy atom. The zero-order chi connectivity index (χ0) is 80.2. The highest BCUT2D eigenvalue weighted by Crippen LogP contribution is 2.45. The molecule has 3 N–H and O–H groups in total. The first-order chi connectivity index (χ1) is 52.6. The molecule has 0 amide bonds. The van der Waals surface area contributed by atoms with Crippen molar-refractivity contribution >= 4 is 39.5 Å². The molecule has 0 aromatic heterocycles. The van der Waals surface area contributed by atoms with Gasteiger partial charge in [-0.3, -0.25) is 37.3 Å². The predicted molar refractivity (Wildman–Crippen MR) is 451 cm³/mol. The number of ether oxygens (including phenoxy) is 4. The molecule has 19 heteroatoms. The summed E-state index contributed by atoms with van der Waals surface area (Å²) in [5.74, 6) is 1.06. The van der Waals surface area contributed by atoms with Crippen LogP contribution in [0.15, 0.2) is 0 Å². The maximum absolute atomic E-state index is 13.2. The summed E-state index contributed by atoms with van der Waals surface area (Å²) >= 11 is 0. The maximum Gasteiger partial charge on any atom is 0.472 e. The Kier molecular flexibility index (Phi) is 77.2. The number of rotatable bonds is 87. The minimum Gasteiger partial charge on any atom is -0.462 e. The lowest BCUT2D eigenvalue weighted by molar-refractivity contribution is -0.161. The highest BCUT2D eigenvalue weighted by molar-refractivity contribution is 7.47. The average Bonchev–Trinajstić information content (AvgIpc) is 0.897. The van der Waals surface area contributed by atoms with Crippen LogP contribution in [0.2, 0.25) is 0 Å². The summed E-state index contributed by atoms with van der Waals surface area (Å²) in [6, 6.07) is 0. The fourth-order valence-electron chi connectivity index (χ4n) is 14.0. The molecule has 0 fully saturated rings. The number of aliphatic hydroxyl groups is 1. The zero-order valence-corrected chi connectivity index (χ0v) is 74.0. The van der Waals surface area contributed by atoms with Gasteiger partial charge in [-0.05, 0) is 49.4 Å². The van der Waals surface area contributed by atoms with E-state index >= 15 is 0 Å². The van der Waals surface area contributed by atoms with E-state index in [1.807, 2.05) is 0 Å². The highest BCUT2D eigenvalue weighted by atomic mass is 31.2. The number of phosphoric acid groups is 2. The van der Waals surface area contributed by atoms with E-state index in [9.17, 15) is 43.2 Å². The molecule has 0 spiro atoms. The lowest BCUT2D eigenvalue weighted by atomic mass is 9.99. The normalized spacial score (nSPS) is 14.1. The predicted octanol–water partition coefficient (Wildman–Crippen LogP) is 27.5. The van der Waals surface area contributed by atoms with Gasteiger partial charge in [0.1, 0.15) is 19.3 Å². The van der Waals surface area contributed by atoms with Crippen molar-refractivity contribution in [3.63, 3.8) is 0 Å². The van der Waals surface area contributed by atoms with Gasteiger partial charge in [0.15, 0.2) is 12.2 Å². The number of esters is 4. The molecule has 0 aromatic rings. The summed E-state index contributed by atoms with van der Waals surface area (Å²) in [5.41, 5.74) is 0. The Hall–Kier alpha value is -1.94. The topological polar surface area (TPSA) is 237 Å². The number of hydrogen-bond donors (Lipinski definition) is 3. The number of unbranched alkanes of at least 4 members (excludes halogenated alkanes) is 52. The van der Waals surface area contributed by atoms with Gasteiger partial charge in [0.25, 0.3) is 0 Å². The molecule has 109 heavy (non-hydrogen) atoms. The minimum atomic E-state index is -4.97. The van der Waals surface area contributed by atoms with E-state index in [2.05, 4.69) is 55.4 Å². The summed E-state index contributed by atoms with van der Waals surface area (Å²) in [7, 11) is -9.93. The van der Waals surface area contributed by atoms with E-state index in [4.69, 9.17) is 37.0 Å². The van der Waals surface area contributed by atoms with Gasteiger partial charge in [-0.2, -0.15) is 0 Å². The molecule has 0 aliphatic carbocycles. The molecule has 0 radical (unpaired) electrons. The second-order valence-corrected chi connectivity index (χ2v) is 36.9. The Labute approximate surface area is 670 Å². The number of carbonyl (C=O) groups is 4. The fraction of sp³-hybridized carbons (Fsp3) is 0.956.